The molecule has 0 unspecified atom stereocenters. The van der Waals surface area contributed by atoms with Crippen molar-refractivity contribution in [3.63, 3.8) is 0 Å². The first-order valence-corrected chi connectivity index (χ1v) is 6.33. The van der Waals surface area contributed by atoms with Crippen molar-refractivity contribution in [3.05, 3.63) is 35.6 Å². The molecule has 1 aliphatic heterocycles. The minimum Gasteiger partial charge on any atom is -0.334 e. The fourth-order valence-corrected chi connectivity index (χ4v) is 2.68. The van der Waals surface area contributed by atoms with Gasteiger partial charge < -0.3 is 10.2 Å². The Hall–Kier alpha value is -1.42. The number of benzene rings is 1. The van der Waals surface area contributed by atoms with E-state index >= 15 is 0 Å². The van der Waals surface area contributed by atoms with Crippen molar-refractivity contribution in [2.24, 2.45) is 5.92 Å². The highest BCUT2D eigenvalue weighted by atomic mass is 19.1. The Morgan fingerprint density at radius 2 is 2.33 bits per heavy atom. The van der Waals surface area contributed by atoms with Gasteiger partial charge in [-0.3, -0.25) is 4.79 Å². The van der Waals surface area contributed by atoms with Crippen molar-refractivity contribution in [3.8, 4) is 0 Å². The molecule has 3 nitrogen and oxygen atoms in total. The largest absolute Gasteiger partial charge is 0.334 e. The highest BCUT2D eigenvalue weighted by Crippen LogP contribution is 2.36. The third-order valence-electron chi connectivity index (χ3n) is 3.54. The molecule has 0 radical (unpaired) electrons. The fourth-order valence-electron chi connectivity index (χ4n) is 2.68. The molecule has 98 valence electrons. The second-order valence-electron chi connectivity index (χ2n) is 4.88. The normalized spacial score (nSPS) is 23.4. The van der Waals surface area contributed by atoms with Gasteiger partial charge in [0.25, 0.3) is 0 Å². The molecule has 0 saturated carbocycles. The Morgan fingerprint density at radius 1 is 1.56 bits per heavy atom. The van der Waals surface area contributed by atoms with Gasteiger partial charge in [-0.2, -0.15) is 0 Å². The van der Waals surface area contributed by atoms with E-state index in [1.54, 1.807) is 13.1 Å². The monoisotopic (exact) mass is 250 g/mol. The van der Waals surface area contributed by atoms with Crippen LogP contribution in [0.2, 0.25) is 0 Å². The van der Waals surface area contributed by atoms with E-state index in [2.05, 4.69) is 12.2 Å². The van der Waals surface area contributed by atoms with Gasteiger partial charge in [0.2, 0.25) is 5.91 Å². The summed E-state index contributed by atoms with van der Waals surface area (Å²) in [6.07, 6.45) is 0.969. The van der Waals surface area contributed by atoms with Crippen LogP contribution in [0.25, 0.3) is 0 Å². The van der Waals surface area contributed by atoms with Crippen LogP contribution in [0, 0.1) is 11.7 Å². The number of rotatable bonds is 3. The Kier molecular flexibility index (Phi) is 3.97. The van der Waals surface area contributed by atoms with E-state index in [9.17, 15) is 9.18 Å². The van der Waals surface area contributed by atoms with Crippen LogP contribution in [0.5, 0.6) is 0 Å². The average Bonchev–Trinajstić information content (AvgIpc) is 2.71. The smallest absolute Gasteiger partial charge is 0.237 e. The number of carbonyl (C=O) groups is 1. The maximum absolute atomic E-state index is 13.3. The molecule has 2 rings (SSSR count). The summed E-state index contributed by atoms with van der Waals surface area (Å²) in [5, 5.41) is 2.88. The van der Waals surface area contributed by atoms with Crippen LogP contribution >= 0.6 is 0 Å². The van der Waals surface area contributed by atoms with Crippen LogP contribution in [0.1, 0.15) is 24.9 Å². The second kappa shape index (κ2) is 5.48. The molecular formula is C14H19FN2O. The van der Waals surface area contributed by atoms with Gasteiger partial charge >= 0.3 is 0 Å². The number of nitrogens with one attached hydrogen (secondary N) is 1. The van der Waals surface area contributed by atoms with Crippen molar-refractivity contribution in [2.75, 3.05) is 20.1 Å². The summed E-state index contributed by atoms with van der Waals surface area (Å²) >= 11 is 0. The molecule has 1 N–H and O–H groups in total. The molecule has 1 aromatic carbocycles. The first-order valence-electron chi connectivity index (χ1n) is 6.33. The van der Waals surface area contributed by atoms with E-state index in [0.29, 0.717) is 12.5 Å². The SMILES string of the molecule is CNCC(=O)N1CC[C@H](C)[C@@H]1c1cccc(F)c1. The maximum Gasteiger partial charge on any atom is 0.237 e. The van der Waals surface area contributed by atoms with Crippen molar-refractivity contribution in [1.82, 2.24) is 10.2 Å². The molecule has 0 aliphatic carbocycles. The van der Waals surface area contributed by atoms with Crippen LogP contribution in [0.3, 0.4) is 0 Å². The third-order valence-corrected chi connectivity index (χ3v) is 3.54. The Balaban J connectivity index is 2.25. The van der Waals surface area contributed by atoms with Crippen molar-refractivity contribution >= 4 is 5.91 Å². The van der Waals surface area contributed by atoms with E-state index in [-0.39, 0.29) is 17.8 Å². The summed E-state index contributed by atoms with van der Waals surface area (Å²) in [7, 11) is 1.76. The summed E-state index contributed by atoms with van der Waals surface area (Å²) in [6.45, 7) is 3.20. The number of likely N-dealkylation sites (N-methyl/N-ethyl adjacent to an activating group) is 1. The average molecular weight is 250 g/mol. The number of carbonyl (C=O) groups excluding carboxylic acids is 1. The van der Waals surface area contributed by atoms with Crippen LogP contribution in [-0.4, -0.2) is 30.9 Å². The maximum atomic E-state index is 13.3. The zero-order chi connectivity index (χ0) is 13.1. The van der Waals surface area contributed by atoms with Crippen molar-refractivity contribution < 1.29 is 9.18 Å². The zero-order valence-electron chi connectivity index (χ0n) is 10.8. The van der Waals surface area contributed by atoms with Crippen LogP contribution in [-0.2, 0) is 4.79 Å². The minimum absolute atomic E-state index is 0.00144. The van der Waals surface area contributed by atoms with Gasteiger partial charge in [0.15, 0.2) is 0 Å². The van der Waals surface area contributed by atoms with E-state index in [4.69, 9.17) is 0 Å². The summed E-state index contributed by atoms with van der Waals surface area (Å²) in [6, 6.07) is 6.57. The molecule has 0 spiro atoms. The first kappa shape index (κ1) is 13.0. The molecule has 4 heteroatoms. The lowest BCUT2D eigenvalue weighted by Gasteiger charge is -2.27. The quantitative estimate of drug-likeness (QED) is 0.889. The van der Waals surface area contributed by atoms with Crippen LogP contribution < -0.4 is 5.32 Å². The van der Waals surface area contributed by atoms with E-state index in [1.165, 1.54) is 12.1 Å². The molecule has 1 saturated heterocycles. The van der Waals surface area contributed by atoms with Crippen molar-refractivity contribution in [2.45, 2.75) is 19.4 Å². The predicted molar refractivity (Wildman–Crippen MR) is 68.6 cm³/mol. The van der Waals surface area contributed by atoms with Gasteiger partial charge in [0.1, 0.15) is 5.82 Å². The standard InChI is InChI=1S/C14H19FN2O/c1-10-6-7-17(13(18)9-16-2)14(10)11-4-3-5-12(15)8-11/h3-5,8,10,14,16H,6-7,9H2,1-2H3/t10-,14+/m0/s1. The Morgan fingerprint density at radius 3 is 3.00 bits per heavy atom. The highest BCUT2D eigenvalue weighted by molar-refractivity contribution is 5.79. The molecular weight excluding hydrogens is 231 g/mol. The topological polar surface area (TPSA) is 32.3 Å². The molecule has 2 atom stereocenters. The number of amides is 1. The van der Waals surface area contributed by atoms with Gasteiger partial charge in [0.05, 0.1) is 12.6 Å². The zero-order valence-corrected chi connectivity index (χ0v) is 10.8. The molecule has 18 heavy (non-hydrogen) atoms. The van der Waals surface area contributed by atoms with E-state index in [1.807, 2.05) is 11.0 Å². The van der Waals surface area contributed by atoms with Crippen LogP contribution in [0.4, 0.5) is 4.39 Å². The van der Waals surface area contributed by atoms with Crippen molar-refractivity contribution in [1.29, 1.82) is 0 Å². The molecule has 1 heterocycles. The number of hydrogen-bond donors (Lipinski definition) is 1. The molecule has 0 bridgehead atoms. The predicted octanol–water partition coefficient (Wildman–Crippen LogP) is 1.95. The number of hydrogen-bond acceptors (Lipinski definition) is 2. The number of nitrogens with zero attached hydrogens (tertiary/aromatic N) is 1. The summed E-state index contributed by atoms with van der Waals surface area (Å²) in [4.78, 5) is 13.9. The lowest BCUT2D eigenvalue weighted by atomic mass is 9.95. The van der Waals surface area contributed by atoms with E-state index in [0.717, 1.165) is 18.5 Å². The molecule has 1 aromatic rings. The van der Waals surface area contributed by atoms with E-state index < -0.39 is 0 Å². The summed E-state index contributed by atoms with van der Waals surface area (Å²) in [5.41, 5.74) is 0.893. The minimum atomic E-state index is -0.243. The number of likely N-dealkylation sites (tertiary alicyclic amines) is 1. The molecule has 1 amide bonds. The first-order chi connectivity index (χ1) is 8.63. The third kappa shape index (κ3) is 2.53. The van der Waals surface area contributed by atoms with Crippen LogP contribution in [0.15, 0.2) is 24.3 Å². The highest BCUT2D eigenvalue weighted by Gasteiger charge is 2.35. The van der Waals surface area contributed by atoms with Gasteiger partial charge in [0, 0.05) is 6.54 Å². The molecule has 1 aliphatic rings. The molecule has 1 fully saturated rings. The lowest BCUT2D eigenvalue weighted by molar-refractivity contribution is -0.131. The summed E-state index contributed by atoms with van der Waals surface area (Å²) in [5.74, 6) is 0.205. The fraction of sp³-hybridized carbons (Fsp3) is 0.500. The second-order valence-corrected chi connectivity index (χ2v) is 4.88. The summed E-state index contributed by atoms with van der Waals surface area (Å²) < 4.78 is 13.3. The van der Waals surface area contributed by atoms with Gasteiger partial charge in [-0.05, 0) is 37.1 Å². The Labute approximate surface area is 107 Å². The number of halogens is 1. The van der Waals surface area contributed by atoms with Gasteiger partial charge in [-0.25, -0.2) is 4.39 Å². The van der Waals surface area contributed by atoms with Gasteiger partial charge in [-0.15, -0.1) is 0 Å². The van der Waals surface area contributed by atoms with Gasteiger partial charge in [-0.1, -0.05) is 19.1 Å². The molecule has 0 aromatic heterocycles. The lowest BCUT2D eigenvalue weighted by Crippen LogP contribution is -2.37. The Bertz CT molecular complexity index is 436.